The van der Waals surface area contributed by atoms with Gasteiger partial charge in [-0.25, -0.2) is 34.5 Å². The second-order valence-corrected chi connectivity index (χ2v) is 26.0. The minimum Gasteiger partial charge on any atom is -0.471 e. The number of aromatic nitrogens is 5. The summed E-state index contributed by atoms with van der Waals surface area (Å²) in [7, 11) is 2.63. The number of Topliss-reactive ketones (excluding diaryl/α,β-unsaturated/α-hetero) is 1. The molecule has 9 rings (SSSR count). The minimum absolute atomic E-state index is 0.00252. The quantitative estimate of drug-likeness (QED) is 0.0247. The molecule has 2 saturated heterocycles. The van der Waals surface area contributed by atoms with Crippen molar-refractivity contribution in [2.75, 3.05) is 38.0 Å². The van der Waals surface area contributed by atoms with Crippen molar-refractivity contribution in [3.8, 4) is 34.3 Å². The molecule has 0 saturated carbocycles. The second kappa shape index (κ2) is 32.5. The highest BCUT2D eigenvalue weighted by molar-refractivity contribution is 9.09. The third kappa shape index (κ3) is 18.5. The first-order valence-electron chi connectivity index (χ1n) is 30.1. The van der Waals surface area contributed by atoms with Crippen molar-refractivity contribution in [3.63, 3.8) is 0 Å². The third-order valence-electron chi connectivity index (χ3n) is 15.2. The van der Waals surface area contributed by atoms with Crippen molar-refractivity contribution in [1.29, 1.82) is 0 Å². The summed E-state index contributed by atoms with van der Waals surface area (Å²) in [5, 5.41) is 9.37. The monoisotopic (exact) mass is 1350 g/mol. The Kier molecular flexibility index (Phi) is 25.0. The van der Waals surface area contributed by atoms with Gasteiger partial charge in [-0.2, -0.15) is 0 Å². The first-order chi connectivity index (χ1) is 43.9. The summed E-state index contributed by atoms with van der Waals surface area (Å²) in [6.07, 6.45) is 9.56. The standard InChI is InChI=1S/C35H39N5O4S.C29H33N5O4S.C6H9BrO/c1-7-9-15-24-21-45-34(36-24)39-30(35(3,4)5)32(41)40-20-25(19-28(40)33(42)43-6)44-31-29(23-14-12-13-22(8-2)18-23)37-26-16-10-11-17-27(26)38-31;1-6-17-10-9-11-18(14-17)23-25(32-21-13-8-7-12-20(21)31-23)38-19-15-22(27(36)37-5)34(16-19)26(35)24(29(2,3)4)33-28(30)39;1-2-3-4-6(8)5-7/h7-8,10-14,16-18,21,25,28,30H,1-2,9,15,19-20H2,3-6H3,(H,36,39);6-14,19,22,24H,1,15-16H2,2-5H3,(H3,30,33,39);2H,1,3-5H2/t25?,28-,30+;19?,22-,24+;/m00./s1. The summed E-state index contributed by atoms with van der Waals surface area (Å²) >= 11 is 9.54. The number of nitrogens with two attached hydrogens (primary N) is 1. The molecular formula is C70H81BrN10O9S2. The summed E-state index contributed by atoms with van der Waals surface area (Å²) in [6.45, 7) is 27.0. The Hall–Kier alpha value is -8.73. The van der Waals surface area contributed by atoms with E-state index >= 15 is 0 Å². The highest BCUT2D eigenvalue weighted by atomic mass is 79.9. The number of likely N-dealkylation sites (tertiary alicyclic amines) is 2. The molecule has 92 heavy (non-hydrogen) atoms. The maximum atomic E-state index is 14.3. The number of carbonyl (C=O) groups is 5. The normalized spacial score (nSPS) is 16.7. The minimum atomic E-state index is -0.841. The lowest BCUT2D eigenvalue weighted by atomic mass is 9.85. The average molecular weight is 1350 g/mol. The lowest BCUT2D eigenvalue weighted by molar-refractivity contribution is -0.152. The molecular weight excluding hydrogens is 1270 g/mol. The Balaban J connectivity index is 0.000000235. The number of halogens is 1. The lowest BCUT2D eigenvalue weighted by Crippen LogP contribution is -2.57. The van der Waals surface area contributed by atoms with Gasteiger partial charge in [0.15, 0.2) is 10.2 Å². The number of rotatable bonds is 22. The zero-order valence-corrected chi connectivity index (χ0v) is 56.6. The number of benzene rings is 4. The number of hydrogen-bond donors (Lipinski definition) is 3. The molecule has 2 aliphatic rings. The van der Waals surface area contributed by atoms with Crippen molar-refractivity contribution in [3.05, 3.63) is 158 Å². The Bertz CT molecular complexity index is 3830. The maximum absolute atomic E-state index is 14.3. The molecule has 22 heteroatoms. The van der Waals surface area contributed by atoms with Crippen LogP contribution in [0.5, 0.6) is 11.8 Å². The molecule has 2 unspecified atom stereocenters. The molecule has 3 aromatic heterocycles. The summed E-state index contributed by atoms with van der Waals surface area (Å²) in [5.74, 6) is -0.683. The van der Waals surface area contributed by atoms with Gasteiger partial charge < -0.3 is 45.1 Å². The number of alkyl halides is 1. The number of thiocarbonyl (C=S) groups is 1. The van der Waals surface area contributed by atoms with Crippen LogP contribution >= 0.6 is 39.5 Å². The molecule has 19 nitrogen and oxygen atoms in total. The van der Waals surface area contributed by atoms with Gasteiger partial charge in [-0.15, -0.1) is 24.5 Å². The van der Waals surface area contributed by atoms with Crippen LogP contribution in [-0.4, -0.2) is 138 Å². The van der Waals surface area contributed by atoms with E-state index in [0.29, 0.717) is 51.1 Å². The third-order valence-corrected chi connectivity index (χ3v) is 16.7. The van der Waals surface area contributed by atoms with Crippen LogP contribution in [0.3, 0.4) is 0 Å². The first kappa shape index (κ1) is 70.7. The predicted molar refractivity (Wildman–Crippen MR) is 372 cm³/mol. The van der Waals surface area contributed by atoms with Crippen LogP contribution in [0.2, 0.25) is 0 Å². The summed E-state index contributed by atoms with van der Waals surface area (Å²) in [4.78, 5) is 91.4. The molecule has 4 N–H and O–H groups in total. The Morgan fingerprint density at radius 1 is 0.663 bits per heavy atom. The number of ether oxygens (including phenoxy) is 4. The van der Waals surface area contributed by atoms with Crippen molar-refractivity contribution < 1.29 is 42.9 Å². The summed E-state index contributed by atoms with van der Waals surface area (Å²) in [5.41, 5.74) is 13.1. The number of hydrogen-bond acceptors (Lipinski definition) is 17. The molecule has 0 radical (unpaired) electrons. The highest BCUT2D eigenvalue weighted by Gasteiger charge is 2.48. The number of para-hydroxylation sites is 4. The lowest BCUT2D eigenvalue weighted by Gasteiger charge is -2.35. The van der Waals surface area contributed by atoms with Gasteiger partial charge in [0.2, 0.25) is 23.6 Å². The molecule has 2 fully saturated rings. The molecule has 6 atom stereocenters. The van der Waals surface area contributed by atoms with Crippen LogP contribution in [0, 0.1) is 10.8 Å². The fourth-order valence-corrected chi connectivity index (χ4v) is 11.6. The van der Waals surface area contributed by atoms with Gasteiger partial charge in [-0.1, -0.05) is 156 Å². The van der Waals surface area contributed by atoms with E-state index in [1.807, 2.05) is 150 Å². The van der Waals surface area contributed by atoms with E-state index < -0.39 is 59.1 Å². The van der Waals surface area contributed by atoms with Crippen molar-refractivity contribution in [2.45, 2.75) is 116 Å². The molecule has 484 valence electrons. The summed E-state index contributed by atoms with van der Waals surface area (Å²) < 4.78 is 23.1. The molecule has 2 aliphatic heterocycles. The smallest absolute Gasteiger partial charge is 0.328 e. The van der Waals surface area contributed by atoms with Crippen molar-refractivity contribution >= 4 is 113 Å². The number of aryl methyl sites for hydroxylation is 1. The van der Waals surface area contributed by atoms with Gasteiger partial charge >= 0.3 is 11.9 Å². The zero-order valence-electron chi connectivity index (χ0n) is 53.4. The van der Waals surface area contributed by atoms with Gasteiger partial charge in [0.25, 0.3) is 0 Å². The van der Waals surface area contributed by atoms with Gasteiger partial charge in [0, 0.05) is 35.8 Å². The maximum Gasteiger partial charge on any atom is 0.328 e. The van der Waals surface area contributed by atoms with Gasteiger partial charge in [0.05, 0.1) is 60.4 Å². The topological polar surface area (TPSA) is 243 Å². The number of fused-ring (bicyclic) bond motifs is 2. The van der Waals surface area contributed by atoms with Gasteiger partial charge in [-0.05, 0) is 89.8 Å². The SMILES string of the molecule is C=CCCC(=O)CBr.C=CCCc1csc(N[C@H](C(=O)N2CC(Oc3nc4ccccc4nc3-c3cccc(C=C)c3)C[C@H]2C(=O)OC)C(C)(C)C)n1.C=Cc1cccc(-c2nc3ccccc3nc2OC2C[C@@H](C(=O)OC)N(C(=O)[C@@H](NC(N)=S)C(C)(C)C)C2)c1. The average Bonchev–Trinajstić information content (AvgIpc) is 1.42. The molecule has 4 aromatic carbocycles. The number of allylic oxidation sites excluding steroid dienone is 2. The van der Waals surface area contributed by atoms with Crippen LogP contribution in [0.1, 0.15) is 90.5 Å². The van der Waals surface area contributed by atoms with Gasteiger partial charge in [-0.3, -0.25) is 14.4 Å². The van der Waals surface area contributed by atoms with Crippen LogP contribution in [0.4, 0.5) is 5.13 Å². The Morgan fingerprint density at radius 3 is 1.51 bits per heavy atom. The van der Waals surface area contributed by atoms with E-state index in [1.54, 1.807) is 23.1 Å². The van der Waals surface area contributed by atoms with E-state index in [9.17, 15) is 24.0 Å². The van der Waals surface area contributed by atoms with Gasteiger partial charge in [0.1, 0.15) is 53.5 Å². The number of nitrogens with zero attached hydrogens (tertiary/aromatic N) is 7. The number of carbonyl (C=O) groups excluding carboxylic acids is 5. The van der Waals surface area contributed by atoms with Crippen LogP contribution in [0.15, 0.2) is 141 Å². The Labute approximate surface area is 556 Å². The largest absolute Gasteiger partial charge is 0.471 e. The number of methoxy groups -OCH3 is 2. The number of nitrogens with one attached hydrogen (secondary N) is 2. The van der Waals surface area contributed by atoms with Crippen molar-refractivity contribution in [1.82, 2.24) is 40.0 Å². The fraction of sp³-hybridized carbons (Fsp3) is 0.357. The predicted octanol–water partition coefficient (Wildman–Crippen LogP) is 12.2. The number of anilines is 1. The number of amides is 2. The van der Waals surface area contributed by atoms with E-state index in [0.717, 1.165) is 58.2 Å². The number of esters is 2. The highest BCUT2D eigenvalue weighted by Crippen LogP contribution is 2.37. The zero-order chi connectivity index (χ0) is 66.9. The second-order valence-electron chi connectivity index (χ2n) is 24.1. The molecule has 5 heterocycles. The molecule has 7 aromatic rings. The Morgan fingerprint density at radius 2 is 1.11 bits per heavy atom. The molecule has 0 bridgehead atoms. The molecule has 0 spiro atoms. The summed E-state index contributed by atoms with van der Waals surface area (Å²) in [6, 6.07) is 27.6. The van der Waals surface area contributed by atoms with Crippen LogP contribution in [0.25, 0.3) is 56.7 Å². The molecule has 2 amide bonds. The molecule has 0 aliphatic carbocycles. The van der Waals surface area contributed by atoms with E-state index in [2.05, 4.69) is 57.9 Å². The van der Waals surface area contributed by atoms with E-state index in [1.165, 1.54) is 30.5 Å². The number of ketones is 1. The van der Waals surface area contributed by atoms with Crippen molar-refractivity contribution in [2.24, 2.45) is 16.6 Å². The fourth-order valence-electron chi connectivity index (χ4n) is 10.4. The van der Waals surface area contributed by atoms with Crippen LogP contribution in [-0.2, 0) is 39.9 Å². The number of thiazole rings is 1. The van der Waals surface area contributed by atoms with Crippen LogP contribution < -0.4 is 25.8 Å². The van der Waals surface area contributed by atoms with E-state index in [4.69, 9.17) is 56.8 Å². The van der Waals surface area contributed by atoms with E-state index in [-0.39, 0.29) is 48.6 Å². The first-order valence-corrected chi connectivity index (χ1v) is 32.5.